The number of hydrogen-bond acceptors (Lipinski definition) is 11. The minimum absolute atomic E-state index is 0.00878. The van der Waals surface area contributed by atoms with Gasteiger partial charge in [-0.15, -0.1) is 0 Å². The lowest BCUT2D eigenvalue weighted by Crippen LogP contribution is -2.55. The van der Waals surface area contributed by atoms with Crippen LogP contribution in [0.2, 0.25) is 0 Å². The van der Waals surface area contributed by atoms with Gasteiger partial charge in [-0.2, -0.15) is 0 Å². The van der Waals surface area contributed by atoms with Gasteiger partial charge in [0.05, 0.1) is 37.0 Å². The Bertz CT molecular complexity index is 2280. The molecule has 5 aliphatic rings. The third-order valence-electron chi connectivity index (χ3n) is 12.1. The highest BCUT2D eigenvalue weighted by molar-refractivity contribution is 6.14. The molecule has 1 N–H and O–H groups in total. The molecule has 2 aromatic heterocycles. The molecular formula is C42H41NO11. The van der Waals surface area contributed by atoms with E-state index in [4.69, 9.17) is 23.0 Å². The van der Waals surface area contributed by atoms with E-state index in [0.717, 1.165) is 24.2 Å². The molecule has 4 heterocycles. The Hall–Kier alpha value is -5.33. The van der Waals surface area contributed by atoms with Gasteiger partial charge in [-0.05, 0) is 42.9 Å². The highest BCUT2D eigenvalue weighted by atomic mass is 16.6. The maximum absolute atomic E-state index is 13.7. The predicted octanol–water partition coefficient (Wildman–Crippen LogP) is 5.99. The first kappa shape index (κ1) is 35.7. The van der Waals surface area contributed by atoms with Crippen molar-refractivity contribution in [3.05, 3.63) is 99.1 Å². The number of nitrogens with zero attached hydrogens (tertiary/aromatic N) is 1. The van der Waals surface area contributed by atoms with E-state index in [1.807, 2.05) is 62.4 Å². The molecule has 1 unspecified atom stereocenters. The van der Waals surface area contributed by atoms with Crippen LogP contribution in [0.25, 0.3) is 22.1 Å². The summed E-state index contributed by atoms with van der Waals surface area (Å²) in [5.74, 6) is -2.03. The smallest absolute Gasteiger partial charge is 0.342 e. The van der Waals surface area contributed by atoms with Crippen molar-refractivity contribution >= 4 is 40.4 Å². The van der Waals surface area contributed by atoms with Gasteiger partial charge in [-0.1, -0.05) is 49.4 Å². The van der Waals surface area contributed by atoms with Crippen molar-refractivity contribution in [2.75, 3.05) is 44.9 Å². The molecule has 1 saturated heterocycles. The van der Waals surface area contributed by atoms with Crippen molar-refractivity contribution in [3.8, 4) is 11.1 Å². The molecule has 2 aromatic carbocycles. The van der Waals surface area contributed by atoms with Crippen LogP contribution in [0.15, 0.2) is 85.6 Å². The number of fused-ring (bicyclic) bond motifs is 4. The summed E-state index contributed by atoms with van der Waals surface area (Å²) < 4.78 is 28.2. The van der Waals surface area contributed by atoms with Gasteiger partial charge in [0.1, 0.15) is 29.3 Å². The molecule has 54 heavy (non-hydrogen) atoms. The molecule has 3 aliphatic carbocycles. The standard InChI is InChI=1S/C23H24O8.C19H17NO3/c1-22-7-10(6-15(25)26)17-16(12(22)4-5-13(22)24)19(27)20-18-11(8-30-20)21(28)31-14(9-29-3)23(17,18)2;21-17-13-18(20-9-11-22-12-10-20)23-19-15(7-4-8-16(17)19)14-5-2-1-3-6-14/h8,10,12,14H,4-7,9H2,1-3H3,(H,25,26);1-8,13H,9-12H2/t10-,12?,14-,22+,23-;/m1./s1. The van der Waals surface area contributed by atoms with Gasteiger partial charge in [0, 0.05) is 60.7 Å². The van der Waals surface area contributed by atoms with Crippen LogP contribution in [-0.4, -0.2) is 74.7 Å². The summed E-state index contributed by atoms with van der Waals surface area (Å²) in [7, 11) is 1.49. The second-order valence-electron chi connectivity index (χ2n) is 15.1. The van der Waals surface area contributed by atoms with Crippen molar-refractivity contribution in [1.82, 2.24) is 0 Å². The van der Waals surface area contributed by atoms with Gasteiger partial charge >= 0.3 is 11.9 Å². The number of allylic oxidation sites excluding steroid dienone is 1. The predicted molar refractivity (Wildman–Crippen MR) is 196 cm³/mol. The largest absolute Gasteiger partial charge is 0.481 e. The topological polar surface area (TPSA) is 163 Å². The Balaban J connectivity index is 0.000000160. The number of hydrogen-bond donors (Lipinski definition) is 1. The molecule has 12 heteroatoms. The highest BCUT2D eigenvalue weighted by Gasteiger charge is 2.63. The summed E-state index contributed by atoms with van der Waals surface area (Å²) in [5.41, 5.74) is 2.64. The SMILES string of the molecule is COC[C@H]1OC(=O)c2coc3c2[C@@]1(C)C1=C(C3=O)C2CCC(=O)[C@@]2(C)C[C@H]1CC(=O)O.O=c1cc(N2CCOCC2)oc2c(-c3ccccc3)cccc12. The van der Waals surface area contributed by atoms with Crippen LogP contribution in [0.4, 0.5) is 5.88 Å². The van der Waals surface area contributed by atoms with E-state index in [0.29, 0.717) is 66.0 Å². The number of furan rings is 1. The molecule has 0 spiro atoms. The maximum Gasteiger partial charge on any atom is 0.342 e. The van der Waals surface area contributed by atoms with E-state index < -0.39 is 34.8 Å². The molecule has 1 saturated carbocycles. The zero-order valence-electron chi connectivity index (χ0n) is 30.3. The van der Waals surface area contributed by atoms with Crippen LogP contribution in [0.5, 0.6) is 0 Å². The summed E-state index contributed by atoms with van der Waals surface area (Å²) in [6.07, 6.45) is 1.52. The second-order valence-corrected chi connectivity index (χ2v) is 15.1. The van der Waals surface area contributed by atoms with Crippen LogP contribution >= 0.6 is 0 Å². The fourth-order valence-corrected chi connectivity index (χ4v) is 9.58. The minimum Gasteiger partial charge on any atom is -0.481 e. The van der Waals surface area contributed by atoms with Crippen LogP contribution < -0.4 is 10.3 Å². The van der Waals surface area contributed by atoms with Gasteiger partial charge in [-0.25, -0.2) is 4.79 Å². The minimum atomic E-state index is -1.00. The maximum atomic E-state index is 13.7. The number of anilines is 1. The molecule has 0 radical (unpaired) electrons. The number of esters is 1. The Morgan fingerprint density at radius 1 is 1.00 bits per heavy atom. The zero-order valence-corrected chi connectivity index (χ0v) is 30.3. The van der Waals surface area contributed by atoms with E-state index in [2.05, 4.69) is 4.90 Å². The molecule has 5 atom stereocenters. The fourth-order valence-electron chi connectivity index (χ4n) is 9.58. The average Bonchev–Trinajstić information content (AvgIpc) is 3.75. The number of benzene rings is 2. The average molecular weight is 736 g/mol. The van der Waals surface area contributed by atoms with Crippen molar-refractivity contribution in [1.29, 1.82) is 0 Å². The number of para-hydroxylation sites is 1. The van der Waals surface area contributed by atoms with E-state index in [1.165, 1.54) is 13.4 Å². The first-order valence-electron chi connectivity index (χ1n) is 18.3. The van der Waals surface area contributed by atoms with Crippen molar-refractivity contribution < 1.29 is 47.3 Å². The Labute approximate surface area is 310 Å². The molecule has 2 aliphatic heterocycles. The number of ether oxygens (including phenoxy) is 3. The molecule has 9 rings (SSSR count). The quantitative estimate of drug-likeness (QED) is 0.231. The Morgan fingerprint density at radius 2 is 1.76 bits per heavy atom. The molecule has 2 fully saturated rings. The number of aliphatic carboxylic acids is 1. The van der Waals surface area contributed by atoms with Crippen molar-refractivity contribution in [2.24, 2.45) is 17.3 Å². The van der Waals surface area contributed by atoms with E-state index in [1.54, 1.807) is 6.07 Å². The number of carboxylic acid groups (broad SMARTS) is 1. The Morgan fingerprint density at radius 3 is 2.48 bits per heavy atom. The summed E-state index contributed by atoms with van der Waals surface area (Å²) >= 11 is 0. The second kappa shape index (κ2) is 13.5. The Kier molecular flexibility index (Phi) is 8.93. The number of methoxy groups -OCH3 is 1. The number of carbonyl (C=O) groups is 4. The molecule has 280 valence electrons. The summed E-state index contributed by atoms with van der Waals surface area (Å²) in [6, 6.07) is 17.3. The molecule has 0 amide bonds. The zero-order chi connectivity index (χ0) is 37.9. The van der Waals surface area contributed by atoms with Crippen LogP contribution in [-0.2, 0) is 29.2 Å². The summed E-state index contributed by atoms with van der Waals surface area (Å²) in [5, 5.41) is 10.3. The first-order valence-corrected chi connectivity index (χ1v) is 18.3. The van der Waals surface area contributed by atoms with E-state index in [9.17, 15) is 29.1 Å². The van der Waals surface area contributed by atoms with Gasteiger partial charge < -0.3 is 33.1 Å². The van der Waals surface area contributed by atoms with Gasteiger partial charge in [0.15, 0.2) is 17.1 Å². The number of Topliss-reactive ketones (excluding diaryl/α,β-unsaturated/α-hetero) is 2. The number of carbonyl (C=O) groups excluding carboxylic acids is 3. The normalized spacial score (nSPS) is 27.1. The van der Waals surface area contributed by atoms with Gasteiger partial charge in [0.2, 0.25) is 5.78 Å². The third-order valence-corrected chi connectivity index (χ3v) is 12.1. The number of morpholine rings is 1. The molecule has 4 aromatic rings. The van der Waals surface area contributed by atoms with Crippen LogP contribution in [0.1, 0.15) is 66.0 Å². The van der Waals surface area contributed by atoms with Crippen LogP contribution in [0.3, 0.4) is 0 Å². The van der Waals surface area contributed by atoms with E-state index in [-0.39, 0.29) is 47.3 Å². The number of cyclic esters (lactones) is 1. The lowest BCUT2D eigenvalue weighted by atomic mass is 9.51. The van der Waals surface area contributed by atoms with Crippen molar-refractivity contribution in [2.45, 2.75) is 51.0 Å². The van der Waals surface area contributed by atoms with Crippen LogP contribution in [0, 0.1) is 17.3 Å². The lowest BCUT2D eigenvalue weighted by Gasteiger charge is -2.52. The monoisotopic (exact) mass is 735 g/mol. The summed E-state index contributed by atoms with van der Waals surface area (Å²) in [4.78, 5) is 65.5. The first-order chi connectivity index (χ1) is 26.0. The number of ketones is 2. The number of carboxylic acids is 1. The van der Waals surface area contributed by atoms with E-state index >= 15 is 0 Å². The molecule has 0 bridgehead atoms. The number of rotatable bonds is 6. The third kappa shape index (κ3) is 5.53. The molecule has 12 nitrogen and oxygen atoms in total. The summed E-state index contributed by atoms with van der Waals surface area (Å²) in [6.45, 7) is 6.58. The fraction of sp³-hybridized carbons (Fsp3) is 0.405. The van der Waals surface area contributed by atoms with Gasteiger partial charge in [0.25, 0.3) is 0 Å². The van der Waals surface area contributed by atoms with Crippen molar-refractivity contribution in [3.63, 3.8) is 0 Å². The molecular weight excluding hydrogens is 694 g/mol. The lowest BCUT2D eigenvalue weighted by molar-refractivity contribution is -0.139. The highest BCUT2D eigenvalue weighted by Crippen LogP contribution is 2.62. The van der Waals surface area contributed by atoms with Gasteiger partial charge in [-0.3, -0.25) is 19.2 Å².